The lowest BCUT2D eigenvalue weighted by Gasteiger charge is -2.28. The summed E-state index contributed by atoms with van der Waals surface area (Å²) in [5, 5.41) is 0. The van der Waals surface area contributed by atoms with Crippen LogP contribution in [0.25, 0.3) is 11.1 Å². The second-order valence-electron chi connectivity index (χ2n) is 4.85. The first kappa shape index (κ1) is 11.0. The molecule has 0 saturated carbocycles. The standard InChI is InChI=1S/C12H17N3O/c1-12(2,13)7-15(3)9-4-5-10-11(6-9)16-8-14-10/h4-6,8H,7,13H2,1-3H3. The average Bonchev–Trinajstić information content (AvgIpc) is 2.61. The van der Waals surface area contributed by atoms with E-state index in [1.807, 2.05) is 39.1 Å². The molecule has 2 N–H and O–H groups in total. The molecule has 2 rings (SSSR count). The van der Waals surface area contributed by atoms with Crippen molar-refractivity contribution in [2.45, 2.75) is 19.4 Å². The Morgan fingerprint density at radius 2 is 2.19 bits per heavy atom. The van der Waals surface area contributed by atoms with Crippen LogP contribution in [0, 0.1) is 0 Å². The minimum Gasteiger partial charge on any atom is -0.443 e. The van der Waals surface area contributed by atoms with Crippen LogP contribution in [0.3, 0.4) is 0 Å². The molecule has 0 aliphatic heterocycles. The van der Waals surface area contributed by atoms with Crippen molar-refractivity contribution in [1.82, 2.24) is 4.98 Å². The van der Waals surface area contributed by atoms with Crippen molar-refractivity contribution in [3.63, 3.8) is 0 Å². The Morgan fingerprint density at radius 1 is 1.44 bits per heavy atom. The summed E-state index contributed by atoms with van der Waals surface area (Å²) in [5.41, 5.74) is 8.54. The number of nitrogens with zero attached hydrogens (tertiary/aromatic N) is 2. The molecule has 0 radical (unpaired) electrons. The predicted octanol–water partition coefficient (Wildman–Crippen LogP) is 2.00. The maximum atomic E-state index is 5.99. The molecule has 1 aromatic carbocycles. The van der Waals surface area contributed by atoms with Crippen molar-refractivity contribution in [3.8, 4) is 0 Å². The van der Waals surface area contributed by atoms with Crippen LogP contribution in [0.4, 0.5) is 5.69 Å². The molecule has 0 fully saturated rings. The first-order valence-corrected chi connectivity index (χ1v) is 5.29. The van der Waals surface area contributed by atoms with Gasteiger partial charge in [0.1, 0.15) is 5.52 Å². The Bertz CT molecular complexity index is 484. The van der Waals surface area contributed by atoms with Crippen molar-refractivity contribution in [2.24, 2.45) is 5.73 Å². The molecule has 2 aromatic rings. The van der Waals surface area contributed by atoms with Gasteiger partial charge in [0.25, 0.3) is 0 Å². The van der Waals surface area contributed by atoms with Gasteiger partial charge in [-0.05, 0) is 26.0 Å². The third-order valence-corrected chi connectivity index (χ3v) is 2.40. The molecular weight excluding hydrogens is 202 g/mol. The Kier molecular flexibility index (Phi) is 2.59. The fourth-order valence-corrected chi connectivity index (χ4v) is 1.78. The highest BCUT2D eigenvalue weighted by molar-refractivity contribution is 5.77. The molecule has 4 heteroatoms. The second kappa shape index (κ2) is 3.79. The van der Waals surface area contributed by atoms with E-state index in [-0.39, 0.29) is 5.54 Å². The van der Waals surface area contributed by atoms with Gasteiger partial charge in [-0.1, -0.05) is 0 Å². The average molecular weight is 219 g/mol. The molecule has 16 heavy (non-hydrogen) atoms. The monoisotopic (exact) mass is 219 g/mol. The van der Waals surface area contributed by atoms with Gasteiger partial charge in [0.2, 0.25) is 0 Å². The summed E-state index contributed by atoms with van der Waals surface area (Å²) in [7, 11) is 2.02. The van der Waals surface area contributed by atoms with Gasteiger partial charge in [-0.3, -0.25) is 0 Å². The number of benzene rings is 1. The van der Waals surface area contributed by atoms with Crippen LogP contribution in [-0.2, 0) is 0 Å². The number of rotatable bonds is 3. The Balaban J connectivity index is 2.25. The van der Waals surface area contributed by atoms with E-state index < -0.39 is 0 Å². The van der Waals surface area contributed by atoms with Crippen LogP contribution in [0.5, 0.6) is 0 Å². The van der Waals surface area contributed by atoms with Crippen LogP contribution in [0.1, 0.15) is 13.8 Å². The minimum atomic E-state index is -0.217. The molecule has 0 aliphatic rings. The molecule has 0 atom stereocenters. The molecule has 0 bridgehead atoms. The smallest absolute Gasteiger partial charge is 0.181 e. The molecule has 1 aromatic heterocycles. The van der Waals surface area contributed by atoms with E-state index in [9.17, 15) is 0 Å². The number of fused-ring (bicyclic) bond motifs is 1. The van der Waals surface area contributed by atoms with E-state index in [0.29, 0.717) is 0 Å². The van der Waals surface area contributed by atoms with Crippen molar-refractivity contribution >= 4 is 16.8 Å². The van der Waals surface area contributed by atoms with Crippen molar-refractivity contribution < 1.29 is 4.42 Å². The predicted molar refractivity (Wildman–Crippen MR) is 65.5 cm³/mol. The Morgan fingerprint density at radius 3 is 2.88 bits per heavy atom. The zero-order valence-corrected chi connectivity index (χ0v) is 9.90. The Hall–Kier alpha value is -1.55. The van der Waals surface area contributed by atoms with E-state index in [4.69, 9.17) is 10.2 Å². The van der Waals surface area contributed by atoms with E-state index in [2.05, 4.69) is 9.88 Å². The van der Waals surface area contributed by atoms with Crippen molar-refractivity contribution in [3.05, 3.63) is 24.6 Å². The zero-order valence-electron chi connectivity index (χ0n) is 9.90. The fourth-order valence-electron chi connectivity index (χ4n) is 1.78. The zero-order chi connectivity index (χ0) is 11.8. The molecule has 0 unspecified atom stereocenters. The third-order valence-electron chi connectivity index (χ3n) is 2.40. The van der Waals surface area contributed by atoms with E-state index >= 15 is 0 Å². The first-order valence-electron chi connectivity index (χ1n) is 5.29. The van der Waals surface area contributed by atoms with Gasteiger partial charge in [-0.25, -0.2) is 4.98 Å². The maximum Gasteiger partial charge on any atom is 0.181 e. The van der Waals surface area contributed by atoms with Crippen LogP contribution < -0.4 is 10.6 Å². The van der Waals surface area contributed by atoms with E-state index in [1.165, 1.54) is 6.39 Å². The number of anilines is 1. The number of hydrogen-bond acceptors (Lipinski definition) is 4. The number of oxazole rings is 1. The lowest BCUT2D eigenvalue weighted by molar-refractivity contribution is 0.519. The summed E-state index contributed by atoms with van der Waals surface area (Å²) in [6, 6.07) is 5.96. The molecule has 0 saturated heterocycles. The third kappa shape index (κ3) is 2.33. The van der Waals surface area contributed by atoms with Gasteiger partial charge in [-0.2, -0.15) is 0 Å². The van der Waals surface area contributed by atoms with Gasteiger partial charge in [0, 0.05) is 30.9 Å². The van der Waals surface area contributed by atoms with Gasteiger partial charge in [-0.15, -0.1) is 0 Å². The summed E-state index contributed by atoms with van der Waals surface area (Å²) < 4.78 is 5.27. The molecule has 0 spiro atoms. The minimum absolute atomic E-state index is 0.217. The van der Waals surface area contributed by atoms with Gasteiger partial charge in [0.05, 0.1) is 0 Å². The SMILES string of the molecule is CN(CC(C)(C)N)c1ccc2ncoc2c1. The van der Waals surface area contributed by atoms with Gasteiger partial charge < -0.3 is 15.1 Å². The highest BCUT2D eigenvalue weighted by Crippen LogP contribution is 2.21. The van der Waals surface area contributed by atoms with Crippen molar-refractivity contribution in [2.75, 3.05) is 18.5 Å². The number of hydrogen-bond donors (Lipinski definition) is 1. The fraction of sp³-hybridized carbons (Fsp3) is 0.417. The summed E-state index contributed by atoms with van der Waals surface area (Å²) in [6.45, 7) is 4.81. The molecule has 4 nitrogen and oxygen atoms in total. The number of aromatic nitrogens is 1. The number of likely N-dealkylation sites (N-methyl/N-ethyl adjacent to an activating group) is 1. The summed E-state index contributed by atoms with van der Waals surface area (Å²) in [5.74, 6) is 0. The van der Waals surface area contributed by atoms with Gasteiger partial charge >= 0.3 is 0 Å². The normalized spacial score (nSPS) is 12.0. The van der Waals surface area contributed by atoms with Gasteiger partial charge in [0.15, 0.2) is 12.0 Å². The quantitative estimate of drug-likeness (QED) is 0.857. The Labute approximate surface area is 95.1 Å². The topological polar surface area (TPSA) is 55.3 Å². The summed E-state index contributed by atoms with van der Waals surface area (Å²) >= 11 is 0. The second-order valence-corrected chi connectivity index (χ2v) is 4.85. The number of nitrogens with two attached hydrogens (primary N) is 1. The van der Waals surface area contributed by atoms with E-state index in [0.717, 1.165) is 23.3 Å². The van der Waals surface area contributed by atoms with Crippen LogP contribution in [0.15, 0.2) is 29.0 Å². The molecule has 86 valence electrons. The maximum absolute atomic E-state index is 5.99. The van der Waals surface area contributed by atoms with Crippen LogP contribution in [0.2, 0.25) is 0 Å². The lowest BCUT2D eigenvalue weighted by atomic mass is 10.1. The lowest BCUT2D eigenvalue weighted by Crippen LogP contribution is -2.44. The summed E-state index contributed by atoms with van der Waals surface area (Å²) in [4.78, 5) is 6.20. The molecule has 0 amide bonds. The largest absolute Gasteiger partial charge is 0.443 e. The highest BCUT2D eigenvalue weighted by Gasteiger charge is 2.14. The van der Waals surface area contributed by atoms with E-state index in [1.54, 1.807) is 0 Å². The first-order chi connectivity index (χ1) is 7.46. The molecule has 1 heterocycles. The summed E-state index contributed by atoms with van der Waals surface area (Å²) in [6.07, 6.45) is 1.46. The van der Waals surface area contributed by atoms with Crippen LogP contribution >= 0.6 is 0 Å². The van der Waals surface area contributed by atoms with Crippen LogP contribution in [-0.4, -0.2) is 24.1 Å². The molecule has 0 aliphatic carbocycles. The highest BCUT2D eigenvalue weighted by atomic mass is 16.3. The van der Waals surface area contributed by atoms with Crippen molar-refractivity contribution in [1.29, 1.82) is 0 Å². The molecular formula is C12H17N3O.